The summed E-state index contributed by atoms with van der Waals surface area (Å²) >= 11 is 0. The van der Waals surface area contributed by atoms with E-state index in [2.05, 4.69) is 15.6 Å². The number of hydrogen-bond donors (Lipinski definition) is 2. The van der Waals surface area contributed by atoms with Crippen molar-refractivity contribution >= 4 is 34.6 Å². The van der Waals surface area contributed by atoms with E-state index in [0.29, 0.717) is 28.0 Å². The number of imide groups is 1. The summed E-state index contributed by atoms with van der Waals surface area (Å²) < 4.78 is 17.7. The van der Waals surface area contributed by atoms with E-state index >= 15 is 0 Å². The van der Waals surface area contributed by atoms with Crippen molar-refractivity contribution in [3.05, 3.63) is 88.2 Å². The number of hydrogen-bond acceptors (Lipinski definition) is 5. The maximum absolute atomic E-state index is 15.0. The number of rotatable bonds is 4. The summed E-state index contributed by atoms with van der Waals surface area (Å²) in [6.45, 7) is -0.348. The smallest absolute Gasteiger partial charge is 0.322 e. The zero-order valence-electron chi connectivity index (χ0n) is 19.7. The number of imidazole rings is 1. The molecular weight excluding hydrogens is 479 g/mol. The number of halogens is 1. The van der Waals surface area contributed by atoms with Crippen molar-refractivity contribution in [2.45, 2.75) is 24.9 Å². The van der Waals surface area contributed by atoms with Crippen LogP contribution in [0.25, 0.3) is 16.9 Å². The number of pyridine rings is 1. The maximum atomic E-state index is 15.0. The summed E-state index contributed by atoms with van der Waals surface area (Å²) in [5, 5.41) is 4.86. The molecule has 1 atom stereocenters. The number of carbonyl (C=O) groups excluding carboxylic acids is 3. The number of nitrogens with zero attached hydrogens (tertiary/aromatic N) is 4. The molecule has 0 radical (unpaired) electrons. The Kier molecular flexibility index (Phi) is 4.97. The molecule has 6 rings (SSSR count). The van der Waals surface area contributed by atoms with E-state index < -0.39 is 34.9 Å². The number of urea groups is 1. The quantitative estimate of drug-likeness (QED) is 0.416. The van der Waals surface area contributed by atoms with Crippen LogP contribution in [0.15, 0.2) is 65.6 Å². The topological polar surface area (TPSA) is 118 Å². The van der Waals surface area contributed by atoms with E-state index in [9.17, 15) is 23.6 Å². The van der Waals surface area contributed by atoms with Crippen LogP contribution in [0.1, 0.15) is 11.1 Å². The number of benzene rings is 2. The summed E-state index contributed by atoms with van der Waals surface area (Å²) in [7, 11) is 1.53. The van der Waals surface area contributed by atoms with Crippen LogP contribution >= 0.6 is 0 Å². The standard InChI is InChI=1S/C26H21FN6O4/c1-31-24(36)30-23(35)26(31)12-15-10-17(27)18(11-16(15)13-26)29-22(34)14-32-19-6-2-3-7-20(19)33(25(32)37)21-8-4-5-9-28-21/h2-11H,12-14H2,1H3,(H,29,34)(H,30,35,36)/t26-/m1/s1. The summed E-state index contributed by atoms with van der Waals surface area (Å²) in [5.74, 6) is -1.27. The average molecular weight is 500 g/mol. The number of amides is 4. The molecule has 1 fully saturated rings. The third kappa shape index (κ3) is 3.42. The molecule has 10 nitrogen and oxygen atoms in total. The summed E-state index contributed by atoms with van der Waals surface area (Å²) in [6, 6.07) is 14.5. The molecule has 186 valence electrons. The third-order valence-electron chi connectivity index (χ3n) is 7.13. The first-order valence-corrected chi connectivity index (χ1v) is 11.6. The molecule has 4 aromatic rings. The Morgan fingerprint density at radius 2 is 1.76 bits per heavy atom. The second-order valence-electron chi connectivity index (χ2n) is 9.23. The van der Waals surface area contributed by atoms with E-state index in [1.54, 1.807) is 48.7 Å². The van der Waals surface area contributed by atoms with Gasteiger partial charge in [0.2, 0.25) is 5.91 Å². The van der Waals surface area contributed by atoms with Crippen LogP contribution in [-0.4, -0.2) is 49.5 Å². The zero-order valence-corrected chi connectivity index (χ0v) is 19.7. The first-order chi connectivity index (χ1) is 17.8. The van der Waals surface area contributed by atoms with Gasteiger partial charge in [-0.15, -0.1) is 0 Å². The number of nitrogens with one attached hydrogen (secondary N) is 2. The van der Waals surface area contributed by atoms with Crippen LogP contribution in [0.4, 0.5) is 14.9 Å². The normalized spacial score (nSPS) is 18.5. The van der Waals surface area contributed by atoms with Gasteiger partial charge in [-0.2, -0.15) is 0 Å². The van der Waals surface area contributed by atoms with E-state index in [4.69, 9.17) is 0 Å². The lowest BCUT2D eigenvalue weighted by atomic mass is 9.95. The average Bonchev–Trinajstić information content (AvgIpc) is 3.46. The second kappa shape index (κ2) is 8.12. The van der Waals surface area contributed by atoms with Gasteiger partial charge in [0.15, 0.2) is 0 Å². The summed E-state index contributed by atoms with van der Waals surface area (Å²) in [6.07, 6.45) is 1.96. The summed E-state index contributed by atoms with van der Waals surface area (Å²) in [5.41, 5.74) is 0.765. The molecule has 2 aromatic carbocycles. The lowest BCUT2D eigenvalue weighted by Crippen LogP contribution is -2.48. The molecule has 1 saturated heterocycles. The second-order valence-corrected chi connectivity index (χ2v) is 9.23. The van der Waals surface area contributed by atoms with Crippen LogP contribution in [0.3, 0.4) is 0 Å². The number of aromatic nitrogens is 3. The van der Waals surface area contributed by atoms with Crippen LogP contribution in [0.2, 0.25) is 0 Å². The number of anilines is 1. The molecule has 0 saturated carbocycles. The lowest BCUT2D eigenvalue weighted by Gasteiger charge is -2.27. The minimum absolute atomic E-state index is 0.0605. The minimum Gasteiger partial charge on any atom is -0.322 e. The van der Waals surface area contributed by atoms with Crippen molar-refractivity contribution in [1.29, 1.82) is 0 Å². The van der Waals surface area contributed by atoms with Crippen molar-refractivity contribution in [2.75, 3.05) is 12.4 Å². The Morgan fingerprint density at radius 1 is 1.05 bits per heavy atom. The molecule has 0 bridgehead atoms. The van der Waals surface area contributed by atoms with Crippen molar-refractivity contribution in [2.24, 2.45) is 0 Å². The molecule has 0 unspecified atom stereocenters. The van der Waals surface area contributed by atoms with E-state index in [-0.39, 0.29) is 25.1 Å². The van der Waals surface area contributed by atoms with Gasteiger partial charge in [0.1, 0.15) is 23.7 Å². The van der Waals surface area contributed by atoms with Crippen LogP contribution in [0.5, 0.6) is 0 Å². The van der Waals surface area contributed by atoms with Gasteiger partial charge in [-0.05, 0) is 47.5 Å². The van der Waals surface area contributed by atoms with Gasteiger partial charge in [0.05, 0.1) is 16.7 Å². The molecular formula is C26H21FN6O4. The molecule has 3 heterocycles. The number of fused-ring (bicyclic) bond motifs is 2. The van der Waals surface area contributed by atoms with Crippen molar-refractivity contribution in [1.82, 2.24) is 24.3 Å². The first kappa shape index (κ1) is 22.7. The number of carbonyl (C=O) groups is 3. The van der Waals surface area contributed by atoms with Crippen LogP contribution in [-0.2, 0) is 29.0 Å². The first-order valence-electron chi connectivity index (χ1n) is 11.6. The number of para-hydroxylation sites is 2. The van der Waals surface area contributed by atoms with E-state index in [0.717, 1.165) is 0 Å². The third-order valence-corrected chi connectivity index (χ3v) is 7.13. The fourth-order valence-corrected chi connectivity index (χ4v) is 5.22. The van der Waals surface area contributed by atoms with Crippen molar-refractivity contribution in [3.63, 3.8) is 0 Å². The molecule has 2 aliphatic rings. The van der Waals surface area contributed by atoms with Crippen LogP contribution in [0, 0.1) is 5.82 Å². The van der Waals surface area contributed by atoms with Gasteiger partial charge >= 0.3 is 11.7 Å². The van der Waals surface area contributed by atoms with Crippen molar-refractivity contribution < 1.29 is 18.8 Å². The van der Waals surface area contributed by atoms with Gasteiger partial charge < -0.3 is 10.2 Å². The highest BCUT2D eigenvalue weighted by molar-refractivity contribution is 6.07. The maximum Gasteiger partial charge on any atom is 0.335 e. The van der Waals surface area contributed by atoms with Gasteiger partial charge in [-0.1, -0.05) is 18.2 Å². The highest BCUT2D eigenvalue weighted by Crippen LogP contribution is 2.39. The lowest BCUT2D eigenvalue weighted by molar-refractivity contribution is -0.125. The largest absolute Gasteiger partial charge is 0.335 e. The SMILES string of the molecule is CN1C(=O)NC(=O)[C@]12Cc1cc(F)c(NC(=O)Cn3c(=O)n(-c4ccccn4)c4ccccc43)cc1C2. The monoisotopic (exact) mass is 500 g/mol. The number of likely N-dealkylation sites (N-methyl/N-ethyl adjacent to an activating group) is 1. The molecule has 11 heteroatoms. The van der Waals surface area contributed by atoms with Crippen molar-refractivity contribution in [3.8, 4) is 5.82 Å². The van der Waals surface area contributed by atoms with Gasteiger partial charge in [0, 0.05) is 26.1 Å². The predicted molar refractivity (Wildman–Crippen MR) is 132 cm³/mol. The molecule has 1 aliphatic carbocycles. The Morgan fingerprint density at radius 3 is 2.43 bits per heavy atom. The molecule has 1 spiro atoms. The molecule has 37 heavy (non-hydrogen) atoms. The molecule has 1 aliphatic heterocycles. The van der Waals surface area contributed by atoms with E-state index in [1.807, 2.05) is 0 Å². The van der Waals surface area contributed by atoms with Gasteiger partial charge in [-0.3, -0.25) is 19.5 Å². The van der Waals surface area contributed by atoms with Gasteiger partial charge in [-0.25, -0.2) is 23.5 Å². The van der Waals surface area contributed by atoms with Crippen LogP contribution < -0.4 is 16.3 Å². The molecule has 2 N–H and O–H groups in total. The highest BCUT2D eigenvalue weighted by atomic mass is 19.1. The minimum atomic E-state index is -1.10. The Balaban J connectivity index is 1.29. The Labute approximate surface area is 209 Å². The molecule has 4 amide bonds. The highest BCUT2D eigenvalue weighted by Gasteiger charge is 2.54. The summed E-state index contributed by atoms with van der Waals surface area (Å²) in [4.78, 5) is 56.4. The fraction of sp³-hybridized carbons (Fsp3) is 0.192. The Hall–Kier alpha value is -4.80. The van der Waals surface area contributed by atoms with Gasteiger partial charge in [0.25, 0.3) is 5.91 Å². The Bertz CT molecular complexity index is 1680. The predicted octanol–water partition coefficient (Wildman–Crippen LogP) is 1.98. The fourth-order valence-electron chi connectivity index (χ4n) is 5.22. The molecule has 2 aromatic heterocycles. The zero-order chi connectivity index (χ0) is 25.9. The van der Waals surface area contributed by atoms with E-state index in [1.165, 1.54) is 33.2 Å².